The molecule has 2 aliphatic rings. The van der Waals surface area contributed by atoms with Crippen LogP contribution in [0.25, 0.3) is 5.69 Å². The largest absolute Gasteiger partial charge is 0.494 e. The second-order valence-electron chi connectivity index (χ2n) is 12.2. The molecule has 10 nitrogen and oxygen atoms in total. The van der Waals surface area contributed by atoms with E-state index in [1.165, 1.54) is 24.2 Å². The maximum absolute atomic E-state index is 16.0. The van der Waals surface area contributed by atoms with Crippen molar-refractivity contribution in [3.05, 3.63) is 87.9 Å². The van der Waals surface area contributed by atoms with Gasteiger partial charge in [0.15, 0.2) is 0 Å². The predicted octanol–water partition coefficient (Wildman–Crippen LogP) is 5.51. The molecule has 1 aromatic heterocycles. The van der Waals surface area contributed by atoms with Crippen molar-refractivity contribution in [2.45, 2.75) is 50.6 Å². The first kappa shape index (κ1) is 30.0. The Morgan fingerprint density at radius 1 is 1.16 bits per heavy atom. The summed E-state index contributed by atoms with van der Waals surface area (Å²) in [4.78, 5) is 28.6. The number of methoxy groups -OCH3 is 1. The number of benzene rings is 3. The highest BCUT2D eigenvalue weighted by atomic mass is 35.5. The van der Waals surface area contributed by atoms with Gasteiger partial charge in [0.25, 0.3) is 0 Å². The van der Waals surface area contributed by atoms with Crippen LogP contribution in [0.15, 0.2) is 60.9 Å². The molecule has 2 aliphatic heterocycles. The van der Waals surface area contributed by atoms with Gasteiger partial charge in [-0.2, -0.15) is 0 Å². The number of nitrogens with zero attached hydrogens (tertiary/aromatic N) is 4. The van der Waals surface area contributed by atoms with Crippen LogP contribution in [0.5, 0.6) is 5.75 Å². The number of nitrogens with one attached hydrogen (secondary N) is 3. The molecule has 0 aliphatic carbocycles. The van der Waals surface area contributed by atoms with Crippen LogP contribution in [-0.4, -0.2) is 51.2 Å². The molecular weight excluding hydrogens is 608 g/mol. The van der Waals surface area contributed by atoms with Gasteiger partial charge in [0.1, 0.15) is 23.3 Å². The summed E-state index contributed by atoms with van der Waals surface area (Å²) >= 11 is 12.6. The molecule has 4 atom stereocenters. The molecule has 3 N–H and O–H groups in total. The van der Waals surface area contributed by atoms with Crippen LogP contribution in [0.1, 0.15) is 44.2 Å². The third-order valence-electron chi connectivity index (χ3n) is 8.28. The molecule has 1 spiro atoms. The van der Waals surface area contributed by atoms with Gasteiger partial charge in [-0.1, -0.05) is 62.2 Å². The minimum Gasteiger partial charge on any atom is -0.494 e. The van der Waals surface area contributed by atoms with Gasteiger partial charge in [-0.3, -0.25) is 9.59 Å². The van der Waals surface area contributed by atoms with Gasteiger partial charge in [-0.15, -0.1) is 5.10 Å². The topological polar surface area (TPSA) is 123 Å². The molecular formula is C31H30Cl2FN7O3. The van der Waals surface area contributed by atoms with Crippen molar-refractivity contribution in [1.29, 1.82) is 0 Å². The van der Waals surface area contributed by atoms with E-state index in [-0.39, 0.29) is 21.9 Å². The van der Waals surface area contributed by atoms with E-state index >= 15 is 4.39 Å². The normalized spacial score (nSPS) is 22.6. The zero-order valence-corrected chi connectivity index (χ0v) is 25.9. The van der Waals surface area contributed by atoms with E-state index in [9.17, 15) is 9.59 Å². The molecule has 44 heavy (non-hydrogen) atoms. The number of fused-ring (bicyclic) bond motifs is 2. The van der Waals surface area contributed by atoms with Crippen LogP contribution in [0, 0.1) is 11.2 Å². The molecule has 13 heteroatoms. The minimum absolute atomic E-state index is 0.106. The fourth-order valence-corrected chi connectivity index (χ4v) is 6.92. The van der Waals surface area contributed by atoms with Crippen LogP contribution >= 0.6 is 23.2 Å². The van der Waals surface area contributed by atoms with Crippen LogP contribution in [0.2, 0.25) is 10.0 Å². The summed E-state index contributed by atoms with van der Waals surface area (Å²) in [6, 6.07) is 13.3. The van der Waals surface area contributed by atoms with Gasteiger partial charge >= 0.3 is 0 Å². The van der Waals surface area contributed by atoms with E-state index in [4.69, 9.17) is 27.9 Å². The fourth-order valence-electron chi connectivity index (χ4n) is 6.57. The standard InChI is InChI=1S/C31H30Cl2FN7O3/c1-30(2,3)14-24-31(19-10-8-16(32)12-22(19)37-29(31)43)25(18-6-5-7-20(33)26(18)34)27(38-24)28(42)36-21-11-9-17(13-23(21)44-4)41-15-35-39-40-41/h5-13,15,24-25,27,38H,14H2,1-4H3,(H,36,42)(H,37,43)/t24-,25-,27+,31+/m0/s1. The van der Waals surface area contributed by atoms with Gasteiger partial charge in [-0.05, 0) is 63.7 Å². The summed E-state index contributed by atoms with van der Waals surface area (Å²) < 4.78 is 23.0. The van der Waals surface area contributed by atoms with E-state index in [2.05, 4.69) is 52.2 Å². The highest BCUT2D eigenvalue weighted by Crippen LogP contribution is 2.57. The second kappa shape index (κ2) is 11.1. The van der Waals surface area contributed by atoms with Crippen molar-refractivity contribution in [2.75, 3.05) is 17.7 Å². The van der Waals surface area contributed by atoms with Crippen LogP contribution in [0.3, 0.4) is 0 Å². The summed E-state index contributed by atoms with van der Waals surface area (Å²) in [5.41, 5.74) is 0.670. The smallest absolute Gasteiger partial charge is 0.242 e. The Morgan fingerprint density at radius 3 is 2.66 bits per heavy atom. The quantitative estimate of drug-likeness (QED) is 0.255. The average molecular weight is 639 g/mol. The molecule has 0 bridgehead atoms. The lowest BCUT2D eigenvalue weighted by molar-refractivity contribution is -0.122. The SMILES string of the molecule is COc1cc(-n2cnnn2)ccc1NC(=O)[C@@H]1N[C@@H](CC(C)(C)C)[C@@]2(C(=O)Nc3cc(Cl)ccc32)[C@H]1c1cccc(Cl)c1F. The monoisotopic (exact) mass is 637 g/mol. The highest BCUT2D eigenvalue weighted by molar-refractivity contribution is 6.31. The van der Waals surface area contributed by atoms with Gasteiger partial charge in [0.05, 0.1) is 29.5 Å². The average Bonchev–Trinajstić information content (AvgIpc) is 3.68. The van der Waals surface area contributed by atoms with Gasteiger partial charge in [0, 0.05) is 28.7 Å². The molecule has 1 saturated heterocycles. The number of ether oxygens (including phenoxy) is 1. The highest BCUT2D eigenvalue weighted by Gasteiger charge is 2.66. The van der Waals surface area contributed by atoms with Crippen molar-refractivity contribution < 1.29 is 18.7 Å². The third kappa shape index (κ3) is 4.98. The first-order valence-corrected chi connectivity index (χ1v) is 14.7. The Morgan fingerprint density at radius 2 is 1.95 bits per heavy atom. The molecule has 0 radical (unpaired) electrons. The van der Waals surface area contributed by atoms with Gasteiger partial charge in [0.2, 0.25) is 11.8 Å². The summed E-state index contributed by atoms with van der Waals surface area (Å²) in [6.07, 6.45) is 1.93. The molecule has 0 saturated carbocycles. The predicted molar refractivity (Wildman–Crippen MR) is 165 cm³/mol. The lowest BCUT2D eigenvalue weighted by Crippen LogP contribution is -2.49. The van der Waals surface area contributed by atoms with Crippen LogP contribution in [0.4, 0.5) is 15.8 Å². The zero-order valence-electron chi connectivity index (χ0n) is 24.4. The summed E-state index contributed by atoms with van der Waals surface area (Å²) in [5.74, 6) is -2.14. The van der Waals surface area contributed by atoms with Crippen LogP contribution in [-0.2, 0) is 15.0 Å². The molecule has 6 rings (SSSR count). The Labute approximate surface area is 263 Å². The molecule has 3 heterocycles. The van der Waals surface area contributed by atoms with E-state index in [0.717, 1.165) is 0 Å². The van der Waals surface area contributed by atoms with Crippen molar-refractivity contribution in [2.24, 2.45) is 5.41 Å². The Balaban J connectivity index is 1.50. The maximum Gasteiger partial charge on any atom is 0.242 e. The number of halogens is 3. The summed E-state index contributed by atoms with van der Waals surface area (Å²) in [6.45, 7) is 6.16. The number of tetrazole rings is 1. The van der Waals surface area contributed by atoms with Crippen molar-refractivity contribution >= 4 is 46.4 Å². The number of hydrogen-bond acceptors (Lipinski definition) is 7. The Hall–Kier alpha value is -4.06. The molecule has 4 aromatic rings. The molecule has 3 aromatic carbocycles. The number of hydrogen-bond donors (Lipinski definition) is 3. The van der Waals surface area contributed by atoms with Crippen molar-refractivity contribution in [3.63, 3.8) is 0 Å². The van der Waals surface area contributed by atoms with Crippen LogP contribution < -0.4 is 20.7 Å². The van der Waals surface area contributed by atoms with Gasteiger partial charge in [-0.25, -0.2) is 9.07 Å². The third-order valence-corrected chi connectivity index (χ3v) is 8.80. The minimum atomic E-state index is -1.37. The van der Waals surface area contributed by atoms with Crippen molar-refractivity contribution in [3.8, 4) is 11.4 Å². The zero-order chi connectivity index (χ0) is 31.4. The number of rotatable bonds is 6. The molecule has 0 unspecified atom stereocenters. The first-order chi connectivity index (χ1) is 20.9. The lowest BCUT2D eigenvalue weighted by atomic mass is 9.62. The number of carbonyl (C=O) groups is 2. The number of carbonyl (C=O) groups excluding carboxylic acids is 2. The molecule has 1 fully saturated rings. The Bertz CT molecular complexity index is 1760. The van der Waals surface area contributed by atoms with E-state index in [1.54, 1.807) is 48.5 Å². The number of amides is 2. The summed E-state index contributed by atoms with van der Waals surface area (Å²) in [5, 5.41) is 20.9. The molecule has 228 valence electrons. The summed E-state index contributed by atoms with van der Waals surface area (Å²) in [7, 11) is 1.48. The van der Waals surface area contributed by atoms with E-state index in [0.29, 0.717) is 39.8 Å². The number of aromatic nitrogens is 4. The first-order valence-electron chi connectivity index (χ1n) is 14.0. The van der Waals surface area contributed by atoms with E-state index < -0.39 is 35.1 Å². The fraction of sp³-hybridized carbons (Fsp3) is 0.323. The van der Waals surface area contributed by atoms with Gasteiger partial charge < -0.3 is 20.7 Å². The second-order valence-corrected chi connectivity index (χ2v) is 13.1. The van der Waals surface area contributed by atoms with Crippen molar-refractivity contribution in [1.82, 2.24) is 25.5 Å². The molecule has 2 amide bonds. The Kier molecular flexibility index (Phi) is 7.59. The maximum atomic E-state index is 16.0. The van der Waals surface area contributed by atoms with E-state index in [1.807, 2.05) is 0 Å². The number of anilines is 2. The lowest BCUT2D eigenvalue weighted by Gasteiger charge is -2.37.